The molecule has 1 N–H and O–H groups in total. The van der Waals surface area contributed by atoms with Gasteiger partial charge in [0.2, 0.25) is 0 Å². The molecule has 1 aliphatic carbocycles. The van der Waals surface area contributed by atoms with Crippen molar-refractivity contribution in [2.75, 3.05) is 27.4 Å². The number of aryl methyl sites for hydroxylation is 1. The van der Waals surface area contributed by atoms with Crippen LogP contribution in [0.3, 0.4) is 0 Å². The minimum atomic E-state index is 0.373. The zero-order valence-electron chi connectivity index (χ0n) is 14.1. The largest absolute Gasteiger partial charge is 0.496 e. The van der Waals surface area contributed by atoms with Crippen LogP contribution in [-0.2, 0) is 11.3 Å². The van der Waals surface area contributed by atoms with Gasteiger partial charge in [0.25, 0.3) is 0 Å². The van der Waals surface area contributed by atoms with Gasteiger partial charge < -0.3 is 14.8 Å². The lowest BCUT2D eigenvalue weighted by atomic mass is 9.69. The summed E-state index contributed by atoms with van der Waals surface area (Å²) in [5, 5.41) is 3.65. The van der Waals surface area contributed by atoms with Crippen molar-refractivity contribution in [3.05, 3.63) is 28.3 Å². The summed E-state index contributed by atoms with van der Waals surface area (Å²) in [6.45, 7) is 9.34. The highest BCUT2D eigenvalue weighted by molar-refractivity contribution is 5.48. The van der Waals surface area contributed by atoms with Gasteiger partial charge in [-0.15, -0.1) is 0 Å². The van der Waals surface area contributed by atoms with Gasteiger partial charge >= 0.3 is 0 Å². The second-order valence-electron chi connectivity index (χ2n) is 6.51. The highest BCUT2D eigenvalue weighted by Gasteiger charge is 2.36. The molecule has 0 aliphatic heterocycles. The Morgan fingerprint density at radius 1 is 1.14 bits per heavy atom. The number of methoxy groups -OCH3 is 2. The number of hydrogen-bond donors (Lipinski definition) is 1. The molecule has 0 bridgehead atoms. The summed E-state index contributed by atoms with van der Waals surface area (Å²) in [7, 11) is 3.55. The van der Waals surface area contributed by atoms with E-state index >= 15 is 0 Å². The van der Waals surface area contributed by atoms with Gasteiger partial charge in [-0.05, 0) is 61.9 Å². The van der Waals surface area contributed by atoms with Crippen LogP contribution in [0, 0.1) is 26.2 Å². The van der Waals surface area contributed by atoms with E-state index in [0.29, 0.717) is 5.41 Å². The Kier molecular flexibility index (Phi) is 5.28. The first kappa shape index (κ1) is 16.3. The minimum Gasteiger partial charge on any atom is -0.496 e. The Morgan fingerprint density at radius 3 is 2.38 bits per heavy atom. The molecule has 3 heteroatoms. The van der Waals surface area contributed by atoms with Crippen LogP contribution in [0.1, 0.15) is 41.5 Å². The van der Waals surface area contributed by atoms with Gasteiger partial charge in [-0.3, -0.25) is 0 Å². The maximum absolute atomic E-state index is 5.44. The van der Waals surface area contributed by atoms with E-state index in [1.165, 1.54) is 41.5 Å². The smallest absolute Gasteiger partial charge is 0.122 e. The van der Waals surface area contributed by atoms with E-state index in [1.54, 1.807) is 14.2 Å². The van der Waals surface area contributed by atoms with Crippen LogP contribution in [0.15, 0.2) is 6.07 Å². The summed E-state index contributed by atoms with van der Waals surface area (Å²) in [4.78, 5) is 0. The van der Waals surface area contributed by atoms with E-state index in [1.807, 2.05) is 0 Å². The van der Waals surface area contributed by atoms with Crippen molar-refractivity contribution in [2.45, 2.75) is 46.6 Å². The molecular weight excluding hydrogens is 262 g/mol. The van der Waals surface area contributed by atoms with E-state index in [-0.39, 0.29) is 0 Å². The number of ether oxygens (including phenoxy) is 2. The van der Waals surface area contributed by atoms with Gasteiger partial charge in [0.1, 0.15) is 5.75 Å². The Balaban J connectivity index is 2.02. The fourth-order valence-electron chi connectivity index (χ4n) is 3.39. The topological polar surface area (TPSA) is 30.5 Å². The molecule has 0 atom stereocenters. The first-order valence-corrected chi connectivity index (χ1v) is 7.86. The second kappa shape index (κ2) is 6.80. The molecule has 0 radical (unpaired) electrons. The molecule has 0 amide bonds. The predicted molar refractivity (Wildman–Crippen MR) is 87.1 cm³/mol. The molecule has 1 aromatic carbocycles. The van der Waals surface area contributed by atoms with Gasteiger partial charge in [-0.1, -0.05) is 6.42 Å². The summed E-state index contributed by atoms with van der Waals surface area (Å²) in [6, 6.07) is 2.15. The zero-order valence-corrected chi connectivity index (χ0v) is 14.1. The van der Waals surface area contributed by atoms with Gasteiger partial charge in [0.05, 0.1) is 13.7 Å². The zero-order chi connectivity index (χ0) is 15.5. The lowest BCUT2D eigenvalue weighted by Gasteiger charge is -2.41. The van der Waals surface area contributed by atoms with Crippen LogP contribution in [0.5, 0.6) is 5.75 Å². The van der Waals surface area contributed by atoms with Gasteiger partial charge in [0, 0.05) is 25.6 Å². The summed E-state index contributed by atoms with van der Waals surface area (Å²) in [6.07, 6.45) is 3.91. The first-order chi connectivity index (χ1) is 10.0. The maximum Gasteiger partial charge on any atom is 0.122 e. The molecule has 1 aliphatic rings. The van der Waals surface area contributed by atoms with Crippen LogP contribution in [0.2, 0.25) is 0 Å². The Labute approximate surface area is 129 Å². The predicted octanol–water partition coefficient (Wildman–Crippen LogP) is 3.53. The average Bonchev–Trinajstić information content (AvgIpc) is 2.43. The maximum atomic E-state index is 5.44. The summed E-state index contributed by atoms with van der Waals surface area (Å²) >= 11 is 0. The monoisotopic (exact) mass is 291 g/mol. The quantitative estimate of drug-likeness (QED) is 0.833. The highest BCUT2D eigenvalue weighted by atomic mass is 16.5. The van der Waals surface area contributed by atoms with E-state index in [9.17, 15) is 0 Å². The SMILES string of the molecule is COCC1(CNCc2c(C)cc(OC)c(C)c2C)CCC1. The van der Waals surface area contributed by atoms with Crippen molar-refractivity contribution in [3.8, 4) is 5.75 Å². The van der Waals surface area contributed by atoms with Gasteiger partial charge in [-0.2, -0.15) is 0 Å². The Morgan fingerprint density at radius 2 is 1.86 bits per heavy atom. The van der Waals surface area contributed by atoms with Gasteiger partial charge in [-0.25, -0.2) is 0 Å². The number of nitrogens with one attached hydrogen (secondary N) is 1. The molecule has 1 saturated carbocycles. The first-order valence-electron chi connectivity index (χ1n) is 7.86. The number of hydrogen-bond acceptors (Lipinski definition) is 3. The molecule has 3 nitrogen and oxygen atoms in total. The van der Waals surface area contributed by atoms with Gasteiger partial charge in [0.15, 0.2) is 0 Å². The Bertz CT molecular complexity index is 492. The van der Waals surface area contributed by atoms with Crippen molar-refractivity contribution in [3.63, 3.8) is 0 Å². The standard InChI is InChI=1S/C18H29NO2/c1-13-9-17(21-5)15(3)14(2)16(13)10-19-11-18(12-20-4)7-6-8-18/h9,19H,6-8,10-12H2,1-5H3. The summed E-state index contributed by atoms with van der Waals surface area (Å²) in [5.41, 5.74) is 5.67. The fourth-order valence-corrected chi connectivity index (χ4v) is 3.39. The molecule has 0 unspecified atom stereocenters. The third kappa shape index (κ3) is 3.41. The normalized spacial score (nSPS) is 16.6. The lowest BCUT2D eigenvalue weighted by Crippen LogP contribution is -2.43. The molecule has 0 heterocycles. The number of benzene rings is 1. The minimum absolute atomic E-state index is 0.373. The molecule has 0 aromatic heterocycles. The summed E-state index contributed by atoms with van der Waals surface area (Å²) < 4.78 is 10.8. The van der Waals surface area contributed by atoms with Crippen molar-refractivity contribution >= 4 is 0 Å². The lowest BCUT2D eigenvalue weighted by molar-refractivity contribution is 0.0177. The van der Waals surface area contributed by atoms with Crippen molar-refractivity contribution < 1.29 is 9.47 Å². The fraction of sp³-hybridized carbons (Fsp3) is 0.667. The van der Waals surface area contributed by atoms with Crippen molar-refractivity contribution in [2.24, 2.45) is 5.41 Å². The second-order valence-corrected chi connectivity index (χ2v) is 6.51. The highest BCUT2D eigenvalue weighted by Crippen LogP contribution is 2.40. The molecule has 2 rings (SSSR count). The molecule has 0 saturated heterocycles. The Hall–Kier alpha value is -1.06. The van der Waals surface area contributed by atoms with Crippen molar-refractivity contribution in [1.82, 2.24) is 5.32 Å². The average molecular weight is 291 g/mol. The van der Waals surface area contributed by atoms with Crippen LogP contribution in [0.4, 0.5) is 0 Å². The third-order valence-corrected chi connectivity index (χ3v) is 5.09. The van der Waals surface area contributed by atoms with E-state index < -0.39 is 0 Å². The van der Waals surface area contributed by atoms with Crippen molar-refractivity contribution in [1.29, 1.82) is 0 Å². The molecular formula is C18H29NO2. The number of rotatable bonds is 7. The van der Waals surface area contributed by atoms with Crippen LogP contribution in [-0.4, -0.2) is 27.4 Å². The molecule has 1 aromatic rings. The van der Waals surface area contributed by atoms with Crippen LogP contribution in [0.25, 0.3) is 0 Å². The molecule has 1 fully saturated rings. The molecule has 0 spiro atoms. The third-order valence-electron chi connectivity index (χ3n) is 5.09. The van der Waals surface area contributed by atoms with E-state index in [2.05, 4.69) is 32.2 Å². The van der Waals surface area contributed by atoms with Crippen LogP contribution >= 0.6 is 0 Å². The molecule has 21 heavy (non-hydrogen) atoms. The summed E-state index contributed by atoms with van der Waals surface area (Å²) in [5.74, 6) is 0.989. The molecule has 118 valence electrons. The van der Waals surface area contributed by atoms with E-state index in [0.717, 1.165) is 25.4 Å². The van der Waals surface area contributed by atoms with E-state index in [4.69, 9.17) is 9.47 Å². The van der Waals surface area contributed by atoms with Crippen LogP contribution < -0.4 is 10.1 Å².